The lowest BCUT2D eigenvalue weighted by Crippen LogP contribution is -2.52. The second-order valence-electron chi connectivity index (χ2n) is 7.44. The minimum absolute atomic E-state index is 0.118. The van der Waals surface area contributed by atoms with Crippen LogP contribution in [0.2, 0.25) is 0 Å². The summed E-state index contributed by atoms with van der Waals surface area (Å²) in [4.78, 5) is 12.2. The summed E-state index contributed by atoms with van der Waals surface area (Å²) < 4.78 is 38.5. The minimum atomic E-state index is -3.69. The van der Waals surface area contributed by atoms with E-state index in [9.17, 15) is 13.2 Å². The molecule has 9 nitrogen and oxygen atoms in total. The van der Waals surface area contributed by atoms with Gasteiger partial charge in [-0.15, -0.1) is 0 Å². The van der Waals surface area contributed by atoms with Gasteiger partial charge in [0.15, 0.2) is 0 Å². The fraction of sp³-hybridized carbons (Fsp3) is 0.579. The van der Waals surface area contributed by atoms with Gasteiger partial charge >= 0.3 is 0 Å². The molecule has 0 radical (unpaired) electrons. The van der Waals surface area contributed by atoms with Crippen LogP contribution in [0, 0.1) is 16.7 Å². The zero-order valence-corrected chi connectivity index (χ0v) is 16.9. The molecule has 2 fully saturated rings. The molecule has 0 saturated carbocycles. The van der Waals surface area contributed by atoms with Crippen molar-refractivity contribution in [3.63, 3.8) is 0 Å². The molecule has 10 heteroatoms. The highest BCUT2D eigenvalue weighted by Crippen LogP contribution is 2.34. The first-order chi connectivity index (χ1) is 13.9. The van der Waals surface area contributed by atoms with Crippen LogP contribution in [0.5, 0.6) is 5.75 Å². The molecule has 2 saturated heterocycles. The molecule has 2 aliphatic rings. The van der Waals surface area contributed by atoms with Crippen molar-refractivity contribution in [2.75, 3.05) is 32.1 Å². The Morgan fingerprint density at radius 2 is 1.90 bits per heavy atom. The monoisotopic (exact) mass is 423 g/mol. The summed E-state index contributed by atoms with van der Waals surface area (Å²) in [6.45, 7) is 1.17. The largest absolute Gasteiger partial charge is 0.490 e. The van der Waals surface area contributed by atoms with Gasteiger partial charge in [0, 0.05) is 26.3 Å². The first-order valence-electron chi connectivity index (χ1n) is 9.55. The molecule has 0 bridgehead atoms. The highest BCUT2D eigenvalue weighted by atomic mass is 32.2. The van der Waals surface area contributed by atoms with Gasteiger partial charge in [-0.2, -0.15) is 5.26 Å². The number of ether oxygens (including phenoxy) is 2. The molecular formula is C19H25N3O6S. The molecule has 1 amide bonds. The van der Waals surface area contributed by atoms with Crippen molar-refractivity contribution >= 4 is 15.9 Å². The second-order valence-corrected chi connectivity index (χ2v) is 9.41. The Labute approximate surface area is 170 Å². The number of sulfonamides is 1. The van der Waals surface area contributed by atoms with Crippen LogP contribution in [0.3, 0.4) is 0 Å². The molecule has 0 aromatic heterocycles. The number of nitrogens with zero attached hydrogens (tertiary/aromatic N) is 2. The van der Waals surface area contributed by atoms with Gasteiger partial charge in [0.1, 0.15) is 11.9 Å². The Kier molecular flexibility index (Phi) is 6.74. The highest BCUT2D eigenvalue weighted by molar-refractivity contribution is 7.89. The molecule has 1 aromatic carbocycles. The predicted octanol–water partition coefficient (Wildman–Crippen LogP) is 1.03. The highest BCUT2D eigenvalue weighted by Gasteiger charge is 2.45. The van der Waals surface area contributed by atoms with Crippen LogP contribution >= 0.6 is 0 Å². The number of carbonyl (C=O) groups is 1. The van der Waals surface area contributed by atoms with Crippen molar-refractivity contribution in [2.45, 2.75) is 31.8 Å². The normalized spacial score (nSPS) is 20.6. The van der Waals surface area contributed by atoms with Crippen LogP contribution < -0.4 is 10.2 Å². The number of rotatable bonds is 6. The van der Waals surface area contributed by atoms with Crippen molar-refractivity contribution in [1.82, 2.24) is 9.79 Å². The quantitative estimate of drug-likeness (QED) is 0.516. The van der Waals surface area contributed by atoms with E-state index in [2.05, 4.69) is 0 Å². The number of hydrogen-bond acceptors (Lipinski definition) is 7. The Bertz CT molecular complexity index is 851. The molecule has 2 heterocycles. The standard InChI is InChI=1S/C19H25N3O6S/c20-13-15-1-3-16(4-2-15)28-17-5-9-22(10-6-17)29(25,26)14-19(18(23)21-24)7-11-27-12-8-19/h1-4,17,24H,5-12,14H2,(H,21,23). The van der Waals surface area contributed by atoms with Crippen molar-refractivity contribution in [2.24, 2.45) is 5.41 Å². The summed E-state index contributed by atoms with van der Waals surface area (Å²) in [6, 6.07) is 8.85. The number of carbonyl (C=O) groups excluding carboxylic acids is 1. The van der Waals surface area contributed by atoms with E-state index in [0.717, 1.165) is 0 Å². The molecule has 0 unspecified atom stereocenters. The smallest absolute Gasteiger partial charge is 0.250 e. The summed E-state index contributed by atoms with van der Waals surface area (Å²) in [6.07, 6.45) is 1.43. The fourth-order valence-corrected chi connectivity index (χ4v) is 5.85. The van der Waals surface area contributed by atoms with Crippen LogP contribution in [-0.4, -0.2) is 62.0 Å². The third-order valence-corrected chi connectivity index (χ3v) is 7.64. The molecule has 0 aliphatic carbocycles. The van der Waals surface area contributed by atoms with Crippen LogP contribution in [0.1, 0.15) is 31.2 Å². The fourth-order valence-electron chi connectivity index (χ4n) is 3.79. The first kappa shape index (κ1) is 21.5. The third kappa shape index (κ3) is 5.05. The van der Waals surface area contributed by atoms with Crippen LogP contribution in [0.25, 0.3) is 0 Å². The number of benzene rings is 1. The van der Waals surface area contributed by atoms with Gasteiger partial charge in [-0.05, 0) is 49.9 Å². The molecule has 2 aliphatic heterocycles. The Morgan fingerprint density at radius 3 is 2.45 bits per heavy atom. The zero-order valence-electron chi connectivity index (χ0n) is 16.0. The van der Waals surface area contributed by atoms with Crippen LogP contribution in [0.15, 0.2) is 24.3 Å². The molecule has 29 heavy (non-hydrogen) atoms. The van der Waals surface area contributed by atoms with E-state index in [1.807, 2.05) is 6.07 Å². The zero-order chi connectivity index (χ0) is 20.9. The van der Waals surface area contributed by atoms with E-state index in [-0.39, 0.29) is 37.9 Å². The Morgan fingerprint density at radius 1 is 1.28 bits per heavy atom. The van der Waals surface area contributed by atoms with Crippen LogP contribution in [-0.2, 0) is 19.6 Å². The lowest BCUT2D eigenvalue weighted by molar-refractivity contribution is -0.143. The Balaban J connectivity index is 1.59. The van der Waals surface area contributed by atoms with Crippen molar-refractivity contribution < 1.29 is 27.9 Å². The van der Waals surface area contributed by atoms with Gasteiger partial charge in [-0.3, -0.25) is 10.0 Å². The molecule has 158 valence electrons. The molecule has 3 rings (SSSR count). The summed E-state index contributed by atoms with van der Waals surface area (Å²) in [7, 11) is -3.69. The minimum Gasteiger partial charge on any atom is -0.490 e. The summed E-state index contributed by atoms with van der Waals surface area (Å²) >= 11 is 0. The summed E-state index contributed by atoms with van der Waals surface area (Å²) in [5.41, 5.74) is 0.995. The molecule has 2 N–H and O–H groups in total. The summed E-state index contributed by atoms with van der Waals surface area (Å²) in [5, 5.41) is 17.9. The van der Waals surface area contributed by atoms with Gasteiger partial charge in [0.25, 0.3) is 5.91 Å². The average Bonchev–Trinajstić information content (AvgIpc) is 2.74. The van der Waals surface area contributed by atoms with E-state index in [1.54, 1.807) is 29.7 Å². The Hall–Kier alpha value is -2.19. The van der Waals surface area contributed by atoms with E-state index >= 15 is 0 Å². The maximum Gasteiger partial charge on any atom is 0.250 e. The van der Waals surface area contributed by atoms with Gasteiger partial charge in [0.05, 0.1) is 22.8 Å². The number of hydroxylamine groups is 1. The van der Waals surface area contributed by atoms with E-state index in [4.69, 9.17) is 19.9 Å². The SMILES string of the molecule is N#Cc1ccc(OC2CCN(S(=O)(=O)CC3(C(=O)NO)CCOCC3)CC2)cc1. The van der Waals surface area contributed by atoms with Crippen molar-refractivity contribution in [3.8, 4) is 11.8 Å². The lowest BCUT2D eigenvalue weighted by atomic mass is 9.81. The number of amides is 1. The van der Waals surface area contributed by atoms with Crippen LogP contribution in [0.4, 0.5) is 0 Å². The maximum absolute atomic E-state index is 13.0. The number of nitrogens with one attached hydrogen (secondary N) is 1. The van der Waals surface area contributed by atoms with Gasteiger partial charge in [-0.1, -0.05) is 0 Å². The van der Waals surface area contributed by atoms with Crippen molar-refractivity contribution in [3.05, 3.63) is 29.8 Å². The number of piperidine rings is 1. The lowest BCUT2D eigenvalue weighted by Gasteiger charge is -2.37. The van der Waals surface area contributed by atoms with Gasteiger partial charge in [-0.25, -0.2) is 18.2 Å². The predicted molar refractivity (Wildman–Crippen MR) is 103 cm³/mol. The first-order valence-corrected chi connectivity index (χ1v) is 11.2. The van der Waals surface area contributed by atoms with Gasteiger partial charge < -0.3 is 9.47 Å². The molecule has 0 atom stereocenters. The molecular weight excluding hydrogens is 398 g/mol. The average molecular weight is 423 g/mol. The van der Waals surface area contributed by atoms with E-state index < -0.39 is 21.3 Å². The third-order valence-electron chi connectivity index (χ3n) is 5.57. The molecule has 1 aromatic rings. The summed E-state index contributed by atoms with van der Waals surface area (Å²) in [5.74, 6) is -0.383. The van der Waals surface area contributed by atoms with E-state index in [1.165, 1.54) is 4.31 Å². The maximum atomic E-state index is 13.0. The van der Waals surface area contributed by atoms with E-state index in [0.29, 0.717) is 37.2 Å². The van der Waals surface area contributed by atoms with Crippen molar-refractivity contribution in [1.29, 1.82) is 5.26 Å². The number of nitriles is 1. The number of hydrogen-bond donors (Lipinski definition) is 2. The topological polar surface area (TPSA) is 129 Å². The second kappa shape index (κ2) is 9.09. The molecule has 0 spiro atoms. The van der Waals surface area contributed by atoms with Gasteiger partial charge in [0.2, 0.25) is 10.0 Å².